The van der Waals surface area contributed by atoms with Gasteiger partial charge < -0.3 is 18.8 Å². The molecule has 192 valence electrons. The molecule has 0 fully saturated rings. The van der Waals surface area contributed by atoms with Gasteiger partial charge in [0.2, 0.25) is 0 Å². The number of benzene rings is 2. The Balaban J connectivity index is 1.92. The van der Waals surface area contributed by atoms with E-state index in [-0.39, 0.29) is 19.8 Å². The normalized spacial score (nSPS) is 11.1. The highest BCUT2D eigenvalue weighted by molar-refractivity contribution is 5.92. The molecule has 0 saturated heterocycles. The van der Waals surface area contributed by atoms with Crippen molar-refractivity contribution in [3.05, 3.63) is 65.4 Å². The number of esters is 1. The maximum atomic E-state index is 12.8. The van der Waals surface area contributed by atoms with Gasteiger partial charge in [-0.2, -0.15) is 0 Å². The molecule has 36 heavy (non-hydrogen) atoms. The Bertz CT molecular complexity index is 1230. The molecule has 0 spiro atoms. The lowest BCUT2D eigenvalue weighted by Gasteiger charge is -2.20. The lowest BCUT2D eigenvalue weighted by atomic mass is 10.0. The number of fused-ring (bicyclic) bond motifs is 1. The van der Waals surface area contributed by atoms with Crippen molar-refractivity contribution < 1.29 is 28.6 Å². The Kier molecular flexibility index (Phi) is 8.58. The van der Waals surface area contributed by atoms with Gasteiger partial charge in [0.1, 0.15) is 17.9 Å². The second-order valence-corrected chi connectivity index (χ2v) is 9.23. The number of nitrogens with zero attached hydrogens (tertiary/aromatic N) is 1. The van der Waals surface area contributed by atoms with E-state index in [1.807, 2.05) is 54.0 Å². The van der Waals surface area contributed by atoms with Crippen LogP contribution in [-0.4, -0.2) is 41.4 Å². The first-order chi connectivity index (χ1) is 17.1. The number of rotatable bonds is 8. The summed E-state index contributed by atoms with van der Waals surface area (Å²) in [6.07, 6.45) is -0.108. The zero-order chi connectivity index (χ0) is 26.3. The number of ether oxygens (including phenoxy) is 3. The second-order valence-electron chi connectivity index (χ2n) is 9.23. The monoisotopic (exact) mass is 495 g/mol. The number of nitrogens with one attached hydrogen (secondary N) is 2. The largest absolute Gasteiger partial charge is 0.480 e. The summed E-state index contributed by atoms with van der Waals surface area (Å²) < 4.78 is 17.8. The molecule has 2 aromatic carbocycles. The second kappa shape index (κ2) is 11.6. The number of amides is 2. The Morgan fingerprint density at radius 3 is 2.36 bits per heavy atom. The predicted octanol–water partition coefficient (Wildman–Crippen LogP) is 4.04. The van der Waals surface area contributed by atoms with Crippen molar-refractivity contribution in [1.82, 2.24) is 15.4 Å². The highest BCUT2D eigenvalue weighted by atomic mass is 16.6. The molecule has 3 rings (SSSR count). The van der Waals surface area contributed by atoms with Crippen LogP contribution in [0, 0.1) is 6.92 Å². The van der Waals surface area contributed by atoms with Crippen molar-refractivity contribution in [2.24, 2.45) is 0 Å². The van der Waals surface area contributed by atoms with Gasteiger partial charge in [0.05, 0.1) is 12.1 Å². The van der Waals surface area contributed by atoms with E-state index >= 15 is 0 Å². The minimum absolute atomic E-state index is 0.0906. The topological polar surface area (TPSA) is 108 Å². The SMILES string of the molecule is CCOC(=O)COc1cccc2c(Cc3ccccc3)c(C)n(CC(=O)NNC(=O)OC(C)(C)C)c12. The fourth-order valence-corrected chi connectivity index (χ4v) is 3.85. The third-order valence-electron chi connectivity index (χ3n) is 5.31. The summed E-state index contributed by atoms with van der Waals surface area (Å²) in [6, 6.07) is 15.6. The summed E-state index contributed by atoms with van der Waals surface area (Å²) in [5, 5.41) is 0.908. The molecule has 0 atom stereocenters. The van der Waals surface area contributed by atoms with E-state index in [4.69, 9.17) is 14.2 Å². The Morgan fingerprint density at radius 2 is 1.69 bits per heavy atom. The van der Waals surface area contributed by atoms with Crippen LogP contribution in [0.5, 0.6) is 5.75 Å². The molecule has 0 bridgehead atoms. The first kappa shape index (κ1) is 26.6. The lowest BCUT2D eigenvalue weighted by Crippen LogP contribution is -2.45. The summed E-state index contributed by atoms with van der Waals surface area (Å²) in [5.74, 6) is -0.476. The van der Waals surface area contributed by atoms with Crippen molar-refractivity contribution in [2.45, 2.75) is 53.2 Å². The van der Waals surface area contributed by atoms with Gasteiger partial charge in [-0.25, -0.2) is 15.0 Å². The van der Waals surface area contributed by atoms with Crippen LogP contribution in [0.2, 0.25) is 0 Å². The molecule has 1 heterocycles. The van der Waals surface area contributed by atoms with Gasteiger partial charge in [0.15, 0.2) is 6.61 Å². The average molecular weight is 496 g/mol. The van der Waals surface area contributed by atoms with Gasteiger partial charge in [0, 0.05) is 11.1 Å². The van der Waals surface area contributed by atoms with Gasteiger partial charge in [-0.3, -0.25) is 10.2 Å². The quantitative estimate of drug-likeness (QED) is 0.361. The Hall–Kier alpha value is -4.01. The highest BCUT2D eigenvalue weighted by Crippen LogP contribution is 2.34. The molecule has 0 unspecified atom stereocenters. The highest BCUT2D eigenvalue weighted by Gasteiger charge is 2.21. The summed E-state index contributed by atoms with van der Waals surface area (Å²) in [4.78, 5) is 36.6. The van der Waals surface area contributed by atoms with Crippen molar-refractivity contribution in [3.8, 4) is 5.75 Å². The van der Waals surface area contributed by atoms with Crippen molar-refractivity contribution in [3.63, 3.8) is 0 Å². The number of hydrogen-bond acceptors (Lipinski definition) is 6. The molecule has 3 aromatic rings. The van der Waals surface area contributed by atoms with Crippen LogP contribution in [0.1, 0.15) is 44.5 Å². The van der Waals surface area contributed by atoms with E-state index in [0.29, 0.717) is 17.7 Å². The number of hydrogen-bond donors (Lipinski definition) is 2. The molecular weight excluding hydrogens is 462 g/mol. The van der Waals surface area contributed by atoms with Gasteiger partial charge in [-0.05, 0) is 58.2 Å². The number of para-hydroxylation sites is 1. The molecule has 0 saturated carbocycles. The van der Waals surface area contributed by atoms with Crippen LogP contribution in [-0.2, 0) is 32.0 Å². The number of hydrazine groups is 1. The van der Waals surface area contributed by atoms with Crippen LogP contribution >= 0.6 is 0 Å². The van der Waals surface area contributed by atoms with Crippen molar-refractivity contribution in [2.75, 3.05) is 13.2 Å². The van der Waals surface area contributed by atoms with Gasteiger partial charge >= 0.3 is 12.1 Å². The fraction of sp³-hybridized carbons (Fsp3) is 0.370. The first-order valence-corrected chi connectivity index (χ1v) is 11.8. The molecule has 0 aliphatic carbocycles. The smallest absolute Gasteiger partial charge is 0.426 e. The van der Waals surface area contributed by atoms with Crippen molar-refractivity contribution >= 4 is 28.9 Å². The molecule has 0 radical (unpaired) electrons. The van der Waals surface area contributed by atoms with E-state index in [2.05, 4.69) is 10.9 Å². The van der Waals surface area contributed by atoms with Crippen molar-refractivity contribution in [1.29, 1.82) is 0 Å². The molecule has 9 nitrogen and oxygen atoms in total. The third kappa shape index (κ3) is 7.00. The van der Waals surface area contributed by atoms with Crippen LogP contribution in [0.15, 0.2) is 48.5 Å². The average Bonchev–Trinajstić information content (AvgIpc) is 3.07. The molecule has 2 N–H and O–H groups in total. The Labute approximate surface area is 210 Å². The minimum atomic E-state index is -0.756. The number of carbonyl (C=O) groups is 3. The predicted molar refractivity (Wildman–Crippen MR) is 136 cm³/mol. The number of carbonyl (C=O) groups excluding carboxylic acids is 3. The number of aromatic nitrogens is 1. The molecule has 0 aliphatic rings. The van der Waals surface area contributed by atoms with Crippen LogP contribution in [0.3, 0.4) is 0 Å². The van der Waals surface area contributed by atoms with Crippen LogP contribution < -0.4 is 15.6 Å². The standard InChI is InChI=1S/C27H33N3O6/c1-6-34-24(32)17-35-22-14-10-13-20-21(15-19-11-8-7-9-12-19)18(2)30(25(20)22)16-23(31)28-29-26(33)36-27(3,4)5/h7-14H,6,15-17H2,1-5H3,(H,28,31)(H,29,33). The fourth-order valence-electron chi connectivity index (χ4n) is 3.85. The maximum absolute atomic E-state index is 12.8. The summed E-state index contributed by atoms with van der Waals surface area (Å²) >= 11 is 0. The molecule has 0 aliphatic heterocycles. The van der Waals surface area contributed by atoms with E-state index in [1.54, 1.807) is 33.8 Å². The van der Waals surface area contributed by atoms with E-state index < -0.39 is 23.6 Å². The summed E-state index contributed by atoms with van der Waals surface area (Å²) in [6.45, 7) is 8.77. The zero-order valence-electron chi connectivity index (χ0n) is 21.3. The molecular formula is C27H33N3O6. The van der Waals surface area contributed by atoms with E-state index in [1.165, 1.54) is 0 Å². The van der Waals surface area contributed by atoms with E-state index in [0.717, 1.165) is 22.2 Å². The summed E-state index contributed by atoms with van der Waals surface area (Å²) in [7, 11) is 0. The molecule has 1 aromatic heterocycles. The molecule has 9 heteroatoms. The minimum Gasteiger partial charge on any atom is -0.480 e. The van der Waals surface area contributed by atoms with Crippen LogP contribution in [0.25, 0.3) is 10.9 Å². The van der Waals surface area contributed by atoms with Crippen LogP contribution in [0.4, 0.5) is 4.79 Å². The summed E-state index contributed by atoms with van der Waals surface area (Å²) in [5.41, 5.74) is 7.67. The van der Waals surface area contributed by atoms with Gasteiger partial charge in [-0.15, -0.1) is 0 Å². The maximum Gasteiger partial charge on any atom is 0.426 e. The molecule has 2 amide bonds. The first-order valence-electron chi connectivity index (χ1n) is 11.8. The third-order valence-corrected chi connectivity index (χ3v) is 5.31. The Morgan fingerprint density at radius 1 is 0.972 bits per heavy atom. The lowest BCUT2D eigenvalue weighted by molar-refractivity contribution is -0.145. The van der Waals surface area contributed by atoms with E-state index in [9.17, 15) is 14.4 Å². The zero-order valence-corrected chi connectivity index (χ0v) is 21.3. The van der Waals surface area contributed by atoms with Gasteiger partial charge in [0.25, 0.3) is 5.91 Å². The van der Waals surface area contributed by atoms with Gasteiger partial charge in [-0.1, -0.05) is 42.5 Å².